The summed E-state index contributed by atoms with van der Waals surface area (Å²) in [5.74, 6) is 0.969. The largest absolute Gasteiger partial charge is 0.398 e. The molecule has 0 saturated heterocycles. The molecule has 0 spiro atoms. The smallest absolute Gasteiger partial charge is 0.201 e. The lowest BCUT2D eigenvalue weighted by Crippen LogP contribution is -1.91. The summed E-state index contributed by atoms with van der Waals surface area (Å²) in [4.78, 5) is 14.9. The molecule has 0 atom stereocenters. The highest BCUT2D eigenvalue weighted by Crippen LogP contribution is 2.25. The number of hydrogen-bond donors (Lipinski definition) is 3. The van der Waals surface area contributed by atoms with Crippen LogP contribution in [-0.4, -0.2) is 19.9 Å². The molecule has 0 amide bonds. The maximum atomic E-state index is 5.65. The lowest BCUT2D eigenvalue weighted by molar-refractivity contribution is 1.03. The molecular formula is C27H18Br6ClN5. The number of aromatic nitrogens is 4. The average molecular weight is 927 g/mol. The number of nitrogens with zero attached hydrogens (tertiary/aromatic N) is 2. The molecule has 0 aliphatic rings. The van der Waals surface area contributed by atoms with Gasteiger partial charge in [0.05, 0.1) is 22.1 Å². The van der Waals surface area contributed by atoms with Gasteiger partial charge < -0.3 is 15.7 Å². The van der Waals surface area contributed by atoms with Crippen molar-refractivity contribution in [2.75, 3.05) is 5.73 Å². The molecule has 4 aromatic carbocycles. The Morgan fingerprint density at radius 3 is 1.72 bits per heavy atom. The molecule has 0 aliphatic heterocycles. The Morgan fingerprint density at radius 1 is 0.615 bits per heavy atom. The van der Waals surface area contributed by atoms with E-state index >= 15 is 0 Å². The lowest BCUT2D eigenvalue weighted by Gasteiger charge is -2.02. The van der Waals surface area contributed by atoms with Gasteiger partial charge in [0.1, 0.15) is 5.82 Å². The Kier molecular flexibility index (Phi) is 11.1. The molecule has 4 N–H and O–H groups in total. The number of H-pyrrole nitrogens is 2. The van der Waals surface area contributed by atoms with Gasteiger partial charge in [-0.25, -0.2) is 9.97 Å². The predicted octanol–water partition coefficient (Wildman–Crippen LogP) is 11.2. The summed E-state index contributed by atoms with van der Waals surface area (Å²) < 4.78 is 6.19. The first-order valence-corrected chi connectivity index (χ1v) is 16.3. The third-order valence-corrected chi connectivity index (χ3v) is 8.82. The van der Waals surface area contributed by atoms with Crippen molar-refractivity contribution in [1.82, 2.24) is 19.9 Å². The quantitative estimate of drug-likeness (QED) is 0.151. The van der Waals surface area contributed by atoms with E-state index in [-0.39, 0.29) is 0 Å². The van der Waals surface area contributed by atoms with E-state index in [2.05, 4.69) is 128 Å². The van der Waals surface area contributed by atoms with Crippen molar-refractivity contribution in [1.29, 1.82) is 0 Å². The van der Waals surface area contributed by atoms with Crippen molar-refractivity contribution < 1.29 is 0 Å². The summed E-state index contributed by atoms with van der Waals surface area (Å²) in [5.41, 5.74) is 11.4. The number of halogens is 7. The van der Waals surface area contributed by atoms with E-state index in [9.17, 15) is 0 Å². The minimum absolute atomic E-state index is 0.429. The molecule has 0 fully saturated rings. The van der Waals surface area contributed by atoms with Crippen LogP contribution in [0.1, 0.15) is 11.4 Å². The van der Waals surface area contributed by atoms with Crippen LogP contribution in [-0.2, 0) is 6.42 Å². The summed E-state index contributed by atoms with van der Waals surface area (Å²) in [6.45, 7) is 0. The number of benzene rings is 4. The SMILES string of the molecule is Brc1ccc(Cc2nc3ccc(Br)cc3[nH]2)c(Br)c1.Clc1nc2ccc(Br)cc2[nH]1.Nc1ccc(Br)cc1Br. The van der Waals surface area contributed by atoms with E-state index in [0.29, 0.717) is 5.28 Å². The number of nitrogen functional groups attached to an aromatic ring is 1. The van der Waals surface area contributed by atoms with Crippen molar-refractivity contribution in [3.05, 3.63) is 116 Å². The van der Waals surface area contributed by atoms with Crippen LogP contribution in [0.5, 0.6) is 0 Å². The number of aromatic amines is 2. The van der Waals surface area contributed by atoms with Crippen LogP contribution < -0.4 is 5.73 Å². The zero-order valence-electron chi connectivity index (χ0n) is 19.8. The molecule has 39 heavy (non-hydrogen) atoms. The summed E-state index contributed by atoms with van der Waals surface area (Å²) in [7, 11) is 0. The average Bonchev–Trinajstić information content (AvgIpc) is 3.45. The van der Waals surface area contributed by atoms with Gasteiger partial charge >= 0.3 is 0 Å². The Morgan fingerprint density at radius 2 is 1.13 bits per heavy atom. The number of anilines is 1. The Bertz CT molecular complexity index is 1750. The molecule has 0 radical (unpaired) electrons. The second-order valence-corrected chi connectivity index (χ2v) is 13.8. The Hall–Kier alpha value is -1.21. The van der Waals surface area contributed by atoms with E-state index in [1.54, 1.807) is 0 Å². The first-order chi connectivity index (χ1) is 18.6. The predicted molar refractivity (Wildman–Crippen MR) is 183 cm³/mol. The summed E-state index contributed by atoms with van der Waals surface area (Å²) >= 11 is 26.1. The maximum absolute atomic E-state index is 5.65. The van der Waals surface area contributed by atoms with Crippen molar-refractivity contribution in [2.45, 2.75) is 6.42 Å². The number of imidazole rings is 2. The number of nitrogens with two attached hydrogens (primary N) is 1. The van der Waals surface area contributed by atoms with Crippen molar-refractivity contribution in [2.24, 2.45) is 0 Å². The standard InChI is InChI=1S/C14H9Br3N2.C7H4BrClN2.C6H5Br2N/c15-9-2-1-8(11(17)6-9)5-14-18-12-4-3-10(16)7-13(12)19-14;8-4-1-2-5-6(3-4)11-7(9)10-5;7-4-1-2-6(9)5(8)3-4/h1-4,6-7H,5H2,(H,18,19);1-3H,(H,10,11);1-3H,9H2. The third-order valence-electron chi connectivity index (χ3n) is 5.24. The van der Waals surface area contributed by atoms with E-state index in [1.807, 2.05) is 60.7 Å². The van der Waals surface area contributed by atoms with Crippen LogP contribution in [0.25, 0.3) is 22.1 Å². The molecule has 2 aromatic heterocycles. The maximum Gasteiger partial charge on any atom is 0.201 e. The second-order valence-electron chi connectivity index (χ2n) is 8.11. The fourth-order valence-corrected chi connectivity index (χ4v) is 6.57. The van der Waals surface area contributed by atoms with Crippen LogP contribution in [0, 0.1) is 0 Å². The first-order valence-electron chi connectivity index (χ1n) is 11.2. The van der Waals surface area contributed by atoms with Gasteiger partial charge in [0.2, 0.25) is 5.28 Å². The van der Waals surface area contributed by atoms with Gasteiger partial charge in [-0.1, -0.05) is 85.7 Å². The highest BCUT2D eigenvalue weighted by molar-refractivity contribution is 9.11. The van der Waals surface area contributed by atoms with Gasteiger partial charge in [0.15, 0.2) is 0 Å². The molecule has 6 aromatic rings. The number of rotatable bonds is 2. The highest BCUT2D eigenvalue weighted by Gasteiger charge is 2.07. The highest BCUT2D eigenvalue weighted by atomic mass is 79.9. The molecule has 2 heterocycles. The molecule has 0 aliphatic carbocycles. The molecule has 0 saturated carbocycles. The van der Waals surface area contributed by atoms with Gasteiger partial charge in [-0.05, 0) is 99.8 Å². The lowest BCUT2D eigenvalue weighted by atomic mass is 10.1. The monoisotopic (exact) mass is 921 g/mol. The first kappa shape index (κ1) is 30.7. The van der Waals surface area contributed by atoms with Crippen molar-refractivity contribution in [3.63, 3.8) is 0 Å². The number of hydrogen-bond acceptors (Lipinski definition) is 3. The van der Waals surface area contributed by atoms with Crippen molar-refractivity contribution >= 4 is 135 Å². The van der Waals surface area contributed by atoms with Gasteiger partial charge in [-0.3, -0.25) is 0 Å². The van der Waals surface area contributed by atoms with Crippen LogP contribution in [0.15, 0.2) is 99.6 Å². The topological polar surface area (TPSA) is 83.4 Å². The van der Waals surface area contributed by atoms with Crippen LogP contribution in [0.2, 0.25) is 5.28 Å². The molecule has 12 heteroatoms. The van der Waals surface area contributed by atoms with Gasteiger partial charge in [0.25, 0.3) is 0 Å². The molecule has 5 nitrogen and oxygen atoms in total. The van der Waals surface area contributed by atoms with Crippen molar-refractivity contribution in [3.8, 4) is 0 Å². The van der Waals surface area contributed by atoms with Crippen LogP contribution >= 0.6 is 107 Å². The minimum atomic E-state index is 0.429. The minimum Gasteiger partial charge on any atom is -0.398 e. The van der Waals surface area contributed by atoms with E-state index in [4.69, 9.17) is 17.3 Å². The number of fused-ring (bicyclic) bond motifs is 2. The third kappa shape index (κ3) is 8.89. The summed E-state index contributed by atoms with van der Waals surface area (Å²) in [6.07, 6.45) is 0.778. The van der Waals surface area contributed by atoms with E-state index < -0.39 is 0 Å². The Labute approximate surface area is 280 Å². The molecule has 0 bridgehead atoms. The van der Waals surface area contributed by atoms with Gasteiger partial charge in [0, 0.05) is 38.9 Å². The summed E-state index contributed by atoms with van der Waals surface area (Å²) in [6, 6.07) is 23.7. The molecule has 200 valence electrons. The normalized spacial score (nSPS) is 10.6. The molecular weight excluding hydrogens is 909 g/mol. The van der Waals surface area contributed by atoms with Gasteiger partial charge in [-0.15, -0.1) is 0 Å². The fraction of sp³-hybridized carbons (Fsp3) is 0.0370. The van der Waals surface area contributed by atoms with E-state index in [0.717, 1.165) is 66.8 Å². The van der Waals surface area contributed by atoms with Gasteiger partial charge in [-0.2, -0.15) is 0 Å². The number of nitrogens with one attached hydrogen (secondary N) is 2. The molecule has 0 unspecified atom stereocenters. The zero-order valence-corrected chi connectivity index (χ0v) is 30.0. The molecule has 6 rings (SSSR count). The summed E-state index contributed by atoms with van der Waals surface area (Å²) in [5, 5.41) is 0.429. The van der Waals surface area contributed by atoms with Crippen LogP contribution in [0.3, 0.4) is 0 Å². The van der Waals surface area contributed by atoms with E-state index in [1.165, 1.54) is 5.56 Å². The Balaban J connectivity index is 0.000000149. The zero-order chi connectivity index (χ0) is 28.1. The van der Waals surface area contributed by atoms with Crippen LogP contribution in [0.4, 0.5) is 5.69 Å². The fourth-order valence-electron chi connectivity index (χ4n) is 3.42. The second kappa shape index (κ2) is 14.1.